The lowest BCUT2D eigenvalue weighted by molar-refractivity contribution is -0.0355. The molecule has 0 aliphatic carbocycles. The van der Waals surface area contributed by atoms with Gasteiger partial charge in [0.05, 0.1) is 25.4 Å². The molecule has 60 valence electrons. The molecule has 0 amide bonds. The van der Waals surface area contributed by atoms with E-state index in [-0.39, 0.29) is 19.3 Å². The van der Waals surface area contributed by atoms with Crippen molar-refractivity contribution in [3.8, 4) is 0 Å². The van der Waals surface area contributed by atoms with E-state index in [9.17, 15) is 0 Å². The third-order valence-electron chi connectivity index (χ3n) is 1.68. The predicted molar refractivity (Wildman–Crippen MR) is 33.5 cm³/mol. The fourth-order valence-corrected chi connectivity index (χ4v) is 1.10. The van der Waals surface area contributed by atoms with Gasteiger partial charge in [0.25, 0.3) is 0 Å². The van der Waals surface area contributed by atoms with Gasteiger partial charge in [0.2, 0.25) is 0 Å². The minimum atomic E-state index is -0.623. The lowest BCUT2D eigenvalue weighted by Gasteiger charge is -2.09. The van der Waals surface area contributed by atoms with E-state index in [0.717, 1.165) is 0 Å². The van der Waals surface area contributed by atoms with Crippen molar-refractivity contribution < 1.29 is 20.1 Å². The van der Waals surface area contributed by atoms with E-state index in [4.69, 9.17) is 20.1 Å². The molecule has 1 saturated heterocycles. The average molecular weight is 148 g/mol. The molecule has 10 heavy (non-hydrogen) atoms. The van der Waals surface area contributed by atoms with Crippen LogP contribution in [0.2, 0.25) is 0 Å². The van der Waals surface area contributed by atoms with Gasteiger partial charge >= 0.3 is 0 Å². The molecule has 1 aliphatic heterocycles. The van der Waals surface area contributed by atoms with Gasteiger partial charge in [-0.3, -0.25) is 0 Å². The zero-order valence-electron chi connectivity index (χ0n) is 5.60. The standard InChI is InChI=1S/C6H12O4/c7-2-4-1-5(9)6(3-8)10-4/h4-9H,1-3H2/t4-,5+,6+/m0/s1. The SMILES string of the molecule is OC[C@@H]1C[C@@H](O)[C@@H](CO)O1. The highest BCUT2D eigenvalue weighted by atomic mass is 16.5. The summed E-state index contributed by atoms with van der Waals surface area (Å²) in [4.78, 5) is 0. The molecule has 4 heteroatoms. The van der Waals surface area contributed by atoms with Gasteiger partial charge in [0.1, 0.15) is 6.10 Å². The summed E-state index contributed by atoms with van der Waals surface area (Å²) in [6.07, 6.45) is -1.01. The molecule has 4 nitrogen and oxygen atoms in total. The second kappa shape index (κ2) is 3.30. The van der Waals surface area contributed by atoms with Crippen molar-refractivity contribution in [3.05, 3.63) is 0 Å². The molecule has 0 aromatic rings. The maximum absolute atomic E-state index is 9.09. The first-order valence-electron chi connectivity index (χ1n) is 3.33. The molecular formula is C6H12O4. The lowest BCUT2D eigenvalue weighted by Crippen LogP contribution is -2.24. The molecule has 1 rings (SSSR count). The van der Waals surface area contributed by atoms with E-state index >= 15 is 0 Å². The van der Waals surface area contributed by atoms with Crippen LogP contribution >= 0.6 is 0 Å². The molecule has 0 bridgehead atoms. The lowest BCUT2D eigenvalue weighted by atomic mass is 10.1. The molecule has 1 fully saturated rings. The fraction of sp³-hybridized carbons (Fsp3) is 1.00. The van der Waals surface area contributed by atoms with Crippen molar-refractivity contribution in [3.63, 3.8) is 0 Å². The van der Waals surface area contributed by atoms with Gasteiger partial charge in [-0.25, -0.2) is 0 Å². The van der Waals surface area contributed by atoms with Crippen LogP contribution in [0.4, 0.5) is 0 Å². The van der Waals surface area contributed by atoms with Gasteiger partial charge in [-0.1, -0.05) is 0 Å². The molecule has 0 aromatic carbocycles. The van der Waals surface area contributed by atoms with Crippen molar-refractivity contribution >= 4 is 0 Å². The first-order chi connectivity index (χ1) is 4.77. The van der Waals surface area contributed by atoms with Gasteiger partial charge in [0.15, 0.2) is 0 Å². The maximum atomic E-state index is 9.09. The third kappa shape index (κ3) is 1.46. The molecule has 3 N–H and O–H groups in total. The minimum absolute atomic E-state index is 0.0897. The Hall–Kier alpha value is -0.160. The predicted octanol–water partition coefficient (Wildman–Crippen LogP) is -1.51. The molecule has 0 saturated carbocycles. The van der Waals surface area contributed by atoms with Crippen molar-refractivity contribution in [2.24, 2.45) is 0 Å². The van der Waals surface area contributed by atoms with Gasteiger partial charge in [-0.15, -0.1) is 0 Å². The summed E-state index contributed by atoms with van der Waals surface area (Å²) in [7, 11) is 0. The minimum Gasteiger partial charge on any atom is -0.394 e. The van der Waals surface area contributed by atoms with Crippen LogP contribution in [0.3, 0.4) is 0 Å². The Labute approximate surface area is 59.1 Å². The number of aliphatic hydroxyl groups excluding tert-OH is 3. The summed E-state index contributed by atoms with van der Waals surface area (Å²) in [6, 6.07) is 0. The topological polar surface area (TPSA) is 69.9 Å². The highest BCUT2D eigenvalue weighted by molar-refractivity contribution is 4.80. The summed E-state index contributed by atoms with van der Waals surface area (Å²) < 4.78 is 5.02. The Morgan fingerprint density at radius 2 is 2.00 bits per heavy atom. The first-order valence-corrected chi connectivity index (χ1v) is 3.33. The average Bonchev–Trinajstić information content (AvgIpc) is 2.30. The molecule has 0 aromatic heterocycles. The smallest absolute Gasteiger partial charge is 0.107 e. The van der Waals surface area contributed by atoms with Gasteiger partial charge in [0, 0.05) is 6.42 Å². The van der Waals surface area contributed by atoms with Crippen LogP contribution in [0.5, 0.6) is 0 Å². The van der Waals surface area contributed by atoms with E-state index in [1.54, 1.807) is 0 Å². The van der Waals surface area contributed by atoms with E-state index in [1.165, 1.54) is 0 Å². The fourth-order valence-electron chi connectivity index (χ4n) is 1.10. The number of rotatable bonds is 2. The molecule has 0 unspecified atom stereocenters. The molecule has 1 heterocycles. The molecule has 0 spiro atoms. The molecular weight excluding hydrogens is 136 g/mol. The quantitative estimate of drug-likeness (QED) is 0.445. The van der Waals surface area contributed by atoms with Crippen molar-refractivity contribution in [1.82, 2.24) is 0 Å². The Morgan fingerprint density at radius 1 is 1.30 bits per heavy atom. The van der Waals surface area contributed by atoms with Crippen LogP contribution in [-0.4, -0.2) is 46.8 Å². The van der Waals surface area contributed by atoms with E-state index in [1.807, 2.05) is 0 Å². The maximum Gasteiger partial charge on any atom is 0.107 e. The molecule has 0 radical (unpaired) electrons. The zero-order chi connectivity index (χ0) is 7.56. The Kier molecular flexibility index (Phi) is 2.62. The van der Waals surface area contributed by atoms with E-state index < -0.39 is 12.2 Å². The zero-order valence-corrected chi connectivity index (χ0v) is 5.60. The summed E-state index contributed by atoms with van der Waals surface area (Å²) >= 11 is 0. The summed E-state index contributed by atoms with van der Waals surface area (Å²) in [5.41, 5.74) is 0. The highest BCUT2D eigenvalue weighted by Gasteiger charge is 2.32. The molecule has 1 aliphatic rings. The van der Waals surface area contributed by atoms with Crippen LogP contribution in [0.25, 0.3) is 0 Å². The van der Waals surface area contributed by atoms with Crippen molar-refractivity contribution in [2.45, 2.75) is 24.7 Å². The largest absolute Gasteiger partial charge is 0.394 e. The molecule has 3 atom stereocenters. The number of hydrogen-bond donors (Lipinski definition) is 3. The summed E-state index contributed by atoms with van der Waals surface area (Å²) in [5.74, 6) is 0. The monoisotopic (exact) mass is 148 g/mol. The number of ether oxygens (including phenoxy) is 1. The second-order valence-electron chi connectivity index (χ2n) is 2.46. The normalized spacial score (nSPS) is 40.5. The van der Waals surface area contributed by atoms with Crippen LogP contribution in [0.1, 0.15) is 6.42 Å². The number of aliphatic hydroxyl groups is 3. The van der Waals surface area contributed by atoms with Crippen molar-refractivity contribution in [2.75, 3.05) is 13.2 Å². The van der Waals surface area contributed by atoms with Gasteiger partial charge < -0.3 is 20.1 Å². The van der Waals surface area contributed by atoms with Gasteiger partial charge in [-0.05, 0) is 0 Å². The number of hydrogen-bond acceptors (Lipinski definition) is 4. The Balaban J connectivity index is 2.36. The van der Waals surface area contributed by atoms with Crippen LogP contribution in [0, 0.1) is 0 Å². The van der Waals surface area contributed by atoms with Crippen LogP contribution < -0.4 is 0 Å². The van der Waals surface area contributed by atoms with Crippen LogP contribution in [0.15, 0.2) is 0 Å². The Bertz CT molecular complexity index is 106. The van der Waals surface area contributed by atoms with Crippen LogP contribution in [-0.2, 0) is 4.74 Å². The highest BCUT2D eigenvalue weighted by Crippen LogP contribution is 2.19. The summed E-state index contributed by atoms with van der Waals surface area (Å²) in [6.45, 7) is -0.273. The van der Waals surface area contributed by atoms with Crippen molar-refractivity contribution in [1.29, 1.82) is 0 Å². The van der Waals surface area contributed by atoms with E-state index in [0.29, 0.717) is 6.42 Å². The van der Waals surface area contributed by atoms with E-state index in [2.05, 4.69) is 0 Å². The Morgan fingerprint density at radius 3 is 2.30 bits per heavy atom. The van der Waals surface area contributed by atoms with Gasteiger partial charge in [-0.2, -0.15) is 0 Å². The summed E-state index contributed by atoms with van der Waals surface area (Å²) in [5, 5.41) is 26.3. The first kappa shape index (κ1) is 7.94. The third-order valence-corrected chi connectivity index (χ3v) is 1.68. The second-order valence-corrected chi connectivity index (χ2v) is 2.46.